The Hall–Kier alpha value is -2.07. The van der Waals surface area contributed by atoms with E-state index >= 15 is 0 Å². The average molecular weight is 276 g/mol. The number of nitrogens with zero attached hydrogens (tertiary/aromatic N) is 1. The summed E-state index contributed by atoms with van der Waals surface area (Å²) in [6.07, 6.45) is 1.60. The minimum absolute atomic E-state index is 0.131. The summed E-state index contributed by atoms with van der Waals surface area (Å²) < 4.78 is 0. The van der Waals surface area contributed by atoms with Crippen molar-refractivity contribution < 1.29 is 4.79 Å². The van der Waals surface area contributed by atoms with Crippen LogP contribution in [0.2, 0.25) is 5.02 Å². The van der Waals surface area contributed by atoms with Gasteiger partial charge in [0.1, 0.15) is 5.82 Å². The molecular weight excluding hydrogens is 262 g/mol. The summed E-state index contributed by atoms with van der Waals surface area (Å²) in [5.74, 6) is 0.535. The van der Waals surface area contributed by atoms with E-state index in [-0.39, 0.29) is 5.91 Å². The summed E-state index contributed by atoms with van der Waals surface area (Å²) in [4.78, 5) is 16.0. The SMILES string of the molecule is CNc1cc(C(=O)NCc2ccc(Cl)cc2)ccn1. The lowest BCUT2D eigenvalue weighted by molar-refractivity contribution is 0.0951. The van der Waals surface area contributed by atoms with Gasteiger partial charge in [-0.2, -0.15) is 0 Å². The van der Waals surface area contributed by atoms with Gasteiger partial charge in [0.25, 0.3) is 5.91 Å². The van der Waals surface area contributed by atoms with E-state index in [9.17, 15) is 4.79 Å². The Morgan fingerprint density at radius 2 is 2.00 bits per heavy atom. The summed E-state index contributed by atoms with van der Waals surface area (Å²) in [6, 6.07) is 10.8. The predicted molar refractivity (Wildman–Crippen MR) is 76.4 cm³/mol. The Labute approximate surface area is 116 Å². The molecule has 0 aliphatic carbocycles. The topological polar surface area (TPSA) is 54.0 Å². The van der Waals surface area contributed by atoms with Crippen LogP contribution in [-0.2, 0) is 6.54 Å². The number of amides is 1. The van der Waals surface area contributed by atoms with Crippen molar-refractivity contribution in [3.8, 4) is 0 Å². The molecule has 0 spiro atoms. The molecule has 1 heterocycles. The Kier molecular flexibility index (Phi) is 4.36. The van der Waals surface area contributed by atoms with E-state index in [0.29, 0.717) is 22.9 Å². The zero-order valence-corrected chi connectivity index (χ0v) is 11.2. The number of carbonyl (C=O) groups is 1. The quantitative estimate of drug-likeness (QED) is 0.902. The van der Waals surface area contributed by atoms with Crippen LogP contribution in [0.5, 0.6) is 0 Å². The number of anilines is 1. The van der Waals surface area contributed by atoms with Gasteiger partial charge in [0, 0.05) is 30.4 Å². The highest BCUT2D eigenvalue weighted by atomic mass is 35.5. The highest BCUT2D eigenvalue weighted by molar-refractivity contribution is 6.30. The van der Waals surface area contributed by atoms with Crippen molar-refractivity contribution >= 4 is 23.3 Å². The zero-order valence-electron chi connectivity index (χ0n) is 10.5. The molecule has 2 rings (SSSR count). The standard InChI is InChI=1S/C14H14ClN3O/c1-16-13-8-11(6-7-17-13)14(19)18-9-10-2-4-12(15)5-3-10/h2-8H,9H2,1H3,(H,16,17)(H,18,19). The fraction of sp³-hybridized carbons (Fsp3) is 0.143. The lowest BCUT2D eigenvalue weighted by Gasteiger charge is -2.06. The molecule has 0 atom stereocenters. The van der Waals surface area contributed by atoms with Crippen molar-refractivity contribution in [2.75, 3.05) is 12.4 Å². The number of pyridine rings is 1. The Bertz CT molecular complexity index is 569. The largest absolute Gasteiger partial charge is 0.373 e. The van der Waals surface area contributed by atoms with Crippen LogP contribution in [-0.4, -0.2) is 17.9 Å². The third-order valence-corrected chi connectivity index (χ3v) is 2.90. The molecule has 19 heavy (non-hydrogen) atoms. The number of hydrogen-bond donors (Lipinski definition) is 2. The molecule has 0 radical (unpaired) electrons. The number of rotatable bonds is 4. The van der Waals surface area contributed by atoms with E-state index < -0.39 is 0 Å². The number of benzene rings is 1. The fourth-order valence-corrected chi connectivity index (χ4v) is 1.72. The number of aromatic nitrogens is 1. The van der Waals surface area contributed by atoms with Gasteiger partial charge in [0.2, 0.25) is 0 Å². The Balaban J connectivity index is 1.99. The first kappa shape index (κ1) is 13.4. The smallest absolute Gasteiger partial charge is 0.251 e. The van der Waals surface area contributed by atoms with Crippen LogP contribution >= 0.6 is 11.6 Å². The van der Waals surface area contributed by atoms with Crippen LogP contribution in [0.4, 0.5) is 5.82 Å². The number of nitrogens with one attached hydrogen (secondary N) is 2. The van der Waals surface area contributed by atoms with Gasteiger partial charge < -0.3 is 10.6 Å². The molecule has 1 aromatic heterocycles. The maximum absolute atomic E-state index is 12.0. The molecular formula is C14H14ClN3O. The lowest BCUT2D eigenvalue weighted by Crippen LogP contribution is -2.22. The van der Waals surface area contributed by atoms with Crippen molar-refractivity contribution in [3.05, 3.63) is 58.7 Å². The average Bonchev–Trinajstić information content (AvgIpc) is 2.46. The molecule has 0 saturated heterocycles. The van der Waals surface area contributed by atoms with Gasteiger partial charge in [-0.25, -0.2) is 4.98 Å². The highest BCUT2D eigenvalue weighted by Gasteiger charge is 2.06. The van der Waals surface area contributed by atoms with Gasteiger partial charge in [-0.3, -0.25) is 4.79 Å². The Morgan fingerprint density at radius 3 is 2.68 bits per heavy atom. The maximum atomic E-state index is 12.0. The van der Waals surface area contributed by atoms with Crippen molar-refractivity contribution in [1.29, 1.82) is 0 Å². The van der Waals surface area contributed by atoms with Gasteiger partial charge in [0.05, 0.1) is 0 Å². The molecule has 1 aromatic carbocycles. The molecule has 0 aliphatic rings. The van der Waals surface area contributed by atoms with E-state index in [1.807, 2.05) is 12.1 Å². The van der Waals surface area contributed by atoms with Gasteiger partial charge in [0.15, 0.2) is 0 Å². The van der Waals surface area contributed by atoms with Gasteiger partial charge in [-0.1, -0.05) is 23.7 Å². The zero-order chi connectivity index (χ0) is 13.7. The molecule has 98 valence electrons. The van der Waals surface area contributed by atoms with Crippen molar-refractivity contribution in [2.45, 2.75) is 6.54 Å². The van der Waals surface area contributed by atoms with Gasteiger partial charge in [-0.15, -0.1) is 0 Å². The molecule has 2 N–H and O–H groups in total. The first-order valence-electron chi connectivity index (χ1n) is 5.85. The fourth-order valence-electron chi connectivity index (χ4n) is 1.60. The van der Waals surface area contributed by atoms with Crippen LogP contribution in [0.3, 0.4) is 0 Å². The van der Waals surface area contributed by atoms with Crippen LogP contribution in [0.1, 0.15) is 15.9 Å². The molecule has 4 nitrogen and oxygen atoms in total. The van der Waals surface area contributed by atoms with E-state index in [1.165, 1.54) is 0 Å². The van der Waals surface area contributed by atoms with Crippen molar-refractivity contribution in [1.82, 2.24) is 10.3 Å². The monoisotopic (exact) mass is 275 g/mol. The molecule has 5 heteroatoms. The number of carbonyl (C=O) groups excluding carboxylic acids is 1. The van der Waals surface area contributed by atoms with E-state index in [2.05, 4.69) is 15.6 Å². The second-order valence-corrected chi connectivity index (χ2v) is 4.43. The third kappa shape index (κ3) is 3.69. The molecule has 2 aromatic rings. The van der Waals surface area contributed by atoms with Crippen LogP contribution in [0.15, 0.2) is 42.6 Å². The number of halogens is 1. The van der Waals surface area contributed by atoms with Crippen LogP contribution < -0.4 is 10.6 Å². The summed E-state index contributed by atoms with van der Waals surface area (Å²) in [6.45, 7) is 0.465. The minimum Gasteiger partial charge on any atom is -0.373 e. The molecule has 0 saturated carbocycles. The summed E-state index contributed by atoms with van der Waals surface area (Å²) >= 11 is 5.80. The summed E-state index contributed by atoms with van der Waals surface area (Å²) in [5, 5.41) is 6.43. The third-order valence-electron chi connectivity index (χ3n) is 2.64. The second-order valence-electron chi connectivity index (χ2n) is 3.99. The van der Waals surface area contributed by atoms with E-state index in [4.69, 9.17) is 11.6 Å². The number of hydrogen-bond acceptors (Lipinski definition) is 3. The molecule has 0 aliphatic heterocycles. The van der Waals surface area contributed by atoms with Crippen LogP contribution in [0.25, 0.3) is 0 Å². The predicted octanol–water partition coefficient (Wildman–Crippen LogP) is 2.71. The van der Waals surface area contributed by atoms with Crippen molar-refractivity contribution in [3.63, 3.8) is 0 Å². The molecule has 0 fully saturated rings. The first-order chi connectivity index (χ1) is 9.19. The molecule has 1 amide bonds. The Morgan fingerprint density at radius 1 is 1.26 bits per heavy atom. The minimum atomic E-state index is -0.131. The van der Waals surface area contributed by atoms with E-state index in [1.54, 1.807) is 37.5 Å². The highest BCUT2D eigenvalue weighted by Crippen LogP contribution is 2.10. The summed E-state index contributed by atoms with van der Waals surface area (Å²) in [5.41, 5.74) is 1.58. The lowest BCUT2D eigenvalue weighted by atomic mass is 10.2. The van der Waals surface area contributed by atoms with Crippen LogP contribution in [0, 0.1) is 0 Å². The normalized spacial score (nSPS) is 10.0. The summed E-state index contributed by atoms with van der Waals surface area (Å²) in [7, 11) is 1.76. The van der Waals surface area contributed by atoms with Gasteiger partial charge in [-0.05, 0) is 29.8 Å². The van der Waals surface area contributed by atoms with Gasteiger partial charge >= 0.3 is 0 Å². The first-order valence-corrected chi connectivity index (χ1v) is 6.23. The van der Waals surface area contributed by atoms with Crippen molar-refractivity contribution in [2.24, 2.45) is 0 Å². The molecule has 0 bridgehead atoms. The van der Waals surface area contributed by atoms with E-state index in [0.717, 1.165) is 5.56 Å². The second kappa shape index (κ2) is 6.20. The molecule has 0 unspecified atom stereocenters. The maximum Gasteiger partial charge on any atom is 0.251 e.